The van der Waals surface area contributed by atoms with Gasteiger partial charge in [-0.15, -0.1) is 0 Å². The number of rotatable bonds is 7. The predicted molar refractivity (Wildman–Crippen MR) is 111 cm³/mol. The van der Waals surface area contributed by atoms with Crippen LogP contribution in [-0.2, 0) is 14.8 Å². The number of benzene rings is 2. The van der Waals surface area contributed by atoms with Crippen molar-refractivity contribution in [3.63, 3.8) is 0 Å². The molecule has 0 fully saturated rings. The van der Waals surface area contributed by atoms with Gasteiger partial charge in [-0.25, -0.2) is 8.42 Å². The van der Waals surface area contributed by atoms with E-state index in [-0.39, 0.29) is 16.7 Å². The van der Waals surface area contributed by atoms with E-state index in [1.165, 1.54) is 12.1 Å². The molecule has 2 aromatic carbocycles. The van der Waals surface area contributed by atoms with Gasteiger partial charge in [0, 0.05) is 25.1 Å². The molecule has 1 atom stereocenters. The fraction of sp³-hybridized carbons (Fsp3) is 0.333. The smallest absolute Gasteiger partial charge is 0.262 e. The third kappa shape index (κ3) is 5.19. The molecule has 0 aromatic heterocycles. The Balaban J connectivity index is 1.67. The number of aliphatic imine (C=N–C) groups is 1. The number of nitrogens with one attached hydrogen (secondary N) is 2. The fourth-order valence-corrected chi connectivity index (χ4v) is 4.37. The SMILES string of the molecule is CCC(CC(=O)Nc1cccc(S(=O)(=O)NC2=NCCC2)c1)c1ccccc1. The first-order valence-electron chi connectivity index (χ1n) is 9.49. The van der Waals surface area contributed by atoms with Gasteiger partial charge >= 0.3 is 0 Å². The maximum Gasteiger partial charge on any atom is 0.262 e. The summed E-state index contributed by atoms with van der Waals surface area (Å²) in [6.07, 6.45) is 2.67. The Kier molecular flexibility index (Phi) is 6.46. The summed E-state index contributed by atoms with van der Waals surface area (Å²) < 4.78 is 27.6. The van der Waals surface area contributed by atoms with Crippen molar-refractivity contribution in [2.75, 3.05) is 11.9 Å². The summed E-state index contributed by atoms with van der Waals surface area (Å²) in [4.78, 5) is 16.8. The molecule has 0 bridgehead atoms. The summed E-state index contributed by atoms with van der Waals surface area (Å²) in [5, 5.41) is 2.82. The molecule has 1 unspecified atom stereocenters. The van der Waals surface area contributed by atoms with Gasteiger partial charge < -0.3 is 5.32 Å². The van der Waals surface area contributed by atoms with Crippen LogP contribution in [0.25, 0.3) is 0 Å². The largest absolute Gasteiger partial charge is 0.326 e. The van der Waals surface area contributed by atoms with Crippen molar-refractivity contribution in [3.05, 3.63) is 60.2 Å². The van der Waals surface area contributed by atoms with Crippen LogP contribution in [0.4, 0.5) is 5.69 Å². The number of nitrogens with zero attached hydrogens (tertiary/aromatic N) is 1. The zero-order valence-electron chi connectivity index (χ0n) is 15.9. The molecule has 0 radical (unpaired) electrons. The minimum Gasteiger partial charge on any atom is -0.326 e. The quantitative estimate of drug-likeness (QED) is 0.744. The topological polar surface area (TPSA) is 87.6 Å². The first-order valence-corrected chi connectivity index (χ1v) is 11.0. The fourth-order valence-electron chi connectivity index (χ4n) is 3.24. The average Bonchev–Trinajstić information content (AvgIpc) is 3.19. The Morgan fingerprint density at radius 1 is 1.14 bits per heavy atom. The van der Waals surface area contributed by atoms with Crippen LogP contribution in [0.5, 0.6) is 0 Å². The predicted octanol–water partition coefficient (Wildman–Crippen LogP) is 3.68. The minimum atomic E-state index is -3.70. The molecular formula is C21H25N3O3S. The zero-order chi connectivity index (χ0) is 20.0. The maximum atomic E-state index is 12.5. The molecule has 1 amide bonds. The highest BCUT2D eigenvalue weighted by atomic mass is 32.2. The molecule has 0 aliphatic carbocycles. The monoisotopic (exact) mass is 399 g/mol. The molecule has 2 aromatic rings. The molecule has 2 N–H and O–H groups in total. The van der Waals surface area contributed by atoms with Gasteiger partial charge in [0.2, 0.25) is 5.91 Å². The van der Waals surface area contributed by atoms with Crippen molar-refractivity contribution < 1.29 is 13.2 Å². The van der Waals surface area contributed by atoms with Crippen LogP contribution in [0.1, 0.15) is 44.1 Å². The van der Waals surface area contributed by atoms with E-state index >= 15 is 0 Å². The lowest BCUT2D eigenvalue weighted by Gasteiger charge is -2.15. The summed E-state index contributed by atoms with van der Waals surface area (Å²) in [5.41, 5.74) is 1.59. The molecule has 0 saturated heterocycles. The molecule has 7 heteroatoms. The Hall–Kier alpha value is -2.67. The Bertz CT molecular complexity index is 956. The summed E-state index contributed by atoms with van der Waals surface area (Å²) in [5.74, 6) is 0.469. The molecule has 28 heavy (non-hydrogen) atoms. The van der Waals surface area contributed by atoms with Crippen LogP contribution in [0.3, 0.4) is 0 Å². The van der Waals surface area contributed by atoms with Gasteiger partial charge in [0.05, 0.1) is 4.90 Å². The second-order valence-electron chi connectivity index (χ2n) is 6.83. The molecule has 1 aliphatic rings. The second kappa shape index (κ2) is 9.01. The van der Waals surface area contributed by atoms with E-state index in [1.54, 1.807) is 12.1 Å². The van der Waals surface area contributed by atoms with E-state index in [2.05, 4.69) is 22.0 Å². The summed E-state index contributed by atoms with van der Waals surface area (Å²) in [7, 11) is -3.70. The normalized spacial score (nSPS) is 15.0. The third-order valence-corrected chi connectivity index (χ3v) is 6.13. The summed E-state index contributed by atoms with van der Waals surface area (Å²) in [6.45, 7) is 2.70. The van der Waals surface area contributed by atoms with E-state index in [0.717, 1.165) is 18.4 Å². The first-order chi connectivity index (χ1) is 13.5. The Labute approximate surface area is 166 Å². The van der Waals surface area contributed by atoms with Crippen LogP contribution in [0, 0.1) is 0 Å². The number of hydrogen-bond donors (Lipinski definition) is 2. The van der Waals surface area contributed by atoms with Crippen LogP contribution >= 0.6 is 0 Å². The van der Waals surface area contributed by atoms with Gasteiger partial charge in [-0.05, 0) is 42.5 Å². The van der Waals surface area contributed by atoms with Crippen LogP contribution in [0.2, 0.25) is 0 Å². The van der Waals surface area contributed by atoms with E-state index in [0.29, 0.717) is 30.9 Å². The average molecular weight is 400 g/mol. The van der Waals surface area contributed by atoms with Gasteiger partial charge in [-0.2, -0.15) is 0 Å². The highest BCUT2D eigenvalue weighted by Gasteiger charge is 2.19. The molecule has 0 spiro atoms. The van der Waals surface area contributed by atoms with Crippen molar-refractivity contribution in [2.45, 2.75) is 43.4 Å². The standard InChI is InChI=1S/C21H25N3O3S/c1-2-16(17-8-4-3-5-9-17)14-21(25)23-18-10-6-11-19(15-18)28(26,27)24-20-12-7-13-22-20/h3-6,8-11,15-16H,2,7,12-14H2,1H3,(H,22,24)(H,23,25). The zero-order valence-corrected chi connectivity index (χ0v) is 16.7. The molecule has 0 saturated carbocycles. The van der Waals surface area contributed by atoms with Gasteiger partial charge in [-0.3, -0.25) is 14.5 Å². The van der Waals surface area contributed by atoms with Gasteiger partial charge in [0.1, 0.15) is 5.84 Å². The molecule has 148 valence electrons. The number of sulfonamides is 1. The van der Waals surface area contributed by atoms with Crippen molar-refractivity contribution >= 4 is 27.5 Å². The number of carbonyl (C=O) groups excluding carboxylic acids is 1. The number of hydrogen-bond acceptors (Lipinski definition) is 4. The van der Waals surface area contributed by atoms with E-state index in [4.69, 9.17) is 0 Å². The summed E-state index contributed by atoms with van der Waals surface area (Å²) >= 11 is 0. The van der Waals surface area contributed by atoms with Crippen molar-refractivity contribution in [2.24, 2.45) is 4.99 Å². The highest BCUT2D eigenvalue weighted by Crippen LogP contribution is 2.24. The summed E-state index contributed by atoms with van der Waals surface area (Å²) in [6, 6.07) is 16.2. The molecule has 3 rings (SSSR count). The third-order valence-electron chi connectivity index (χ3n) is 4.75. The van der Waals surface area contributed by atoms with Crippen LogP contribution in [0.15, 0.2) is 64.5 Å². The number of amidine groups is 1. The lowest BCUT2D eigenvalue weighted by molar-refractivity contribution is -0.116. The van der Waals surface area contributed by atoms with Gasteiger partial charge in [0.25, 0.3) is 10.0 Å². The second-order valence-corrected chi connectivity index (χ2v) is 8.52. The minimum absolute atomic E-state index is 0.106. The highest BCUT2D eigenvalue weighted by molar-refractivity contribution is 7.90. The molecule has 1 heterocycles. The van der Waals surface area contributed by atoms with E-state index in [1.807, 2.05) is 30.3 Å². The molecule has 1 aliphatic heterocycles. The molecule has 6 nitrogen and oxygen atoms in total. The van der Waals surface area contributed by atoms with Crippen LogP contribution < -0.4 is 10.0 Å². The molecular weight excluding hydrogens is 374 g/mol. The van der Waals surface area contributed by atoms with E-state index < -0.39 is 10.0 Å². The van der Waals surface area contributed by atoms with Crippen LogP contribution in [-0.4, -0.2) is 26.7 Å². The number of amides is 1. The lowest BCUT2D eigenvalue weighted by Crippen LogP contribution is -2.29. The number of carbonyl (C=O) groups is 1. The maximum absolute atomic E-state index is 12.5. The van der Waals surface area contributed by atoms with Crippen molar-refractivity contribution in [1.29, 1.82) is 0 Å². The van der Waals surface area contributed by atoms with Crippen molar-refractivity contribution in [1.82, 2.24) is 4.72 Å². The van der Waals surface area contributed by atoms with Crippen molar-refractivity contribution in [3.8, 4) is 0 Å². The van der Waals surface area contributed by atoms with Gasteiger partial charge in [0.15, 0.2) is 0 Å². The number of anilines is 1. The first kappa shape index (κ1) is 20.1. The van der Waals surface area contributed by atoms with E-state index in [9.17, 15) is 13.2 Å². The Morgan fingerprint density at radius 3 is 2.61 bits per heavy atom. The Morgan fingerprint density at radius 2 is 1.93 bits per heavy atom. The van der Waals surface area contributed by atoms with Gasteiger partial charge in [-0.1, -0.05) is 43.3 Å². The lowest BCUT2D eigenvalue weighted by atomic mass is 9.93.